The monoisotopic (exact) mass is 250 g/mol. The van der Waals surface area contributed by atoms with Crippen molar-refractivity contribution in [3.8, 4) is 0 Å². The lowest BCUT2D eigenvalue weighted by molar-refractivity contribution is -0.143. The Balaban J connectivity index is 2.37. The van der Waals surface area contributed by atoms with Gasteiger partial charge in [0.05, 0.1) is 17.7 Å². The van der Waals surface area contributed by atoms with Crippen molar-refractivity contribution >= 4 is 5.97 Å². The second kappa shape index (κ2) is 5.12. The number of carboxylic acids is 1. The molecule has 1 heterocycles. The number of carbonyl (C=O) groups is 1. The molecular formula is C14H22N2O2. The summed E-state index contributed by atoms with van der Waals surface area (Å²) >= 11 is 0. The highest BCUT2D eigenvalue weighted by Crippen LogP contribution is 2.34. The van der Waals surface area contributed by atoms with E-state index in [-0.39, 0.29) is 12.0 Å². The van der Waals surface area contributed by atoms with Gasteiger partial charge in [-0.05, 0) is 39.2 Å². The number of hydrogen-bond donors (Lipinski definition) is 1. The first-order valence-electron chi connectivity index (χ1n) is 6.77. The summed E-state index contributed by atoms with van der Waals surface area (Å²) in [7, 11) is 0. The number of hydrogen-bond acceptors (Lipinski definition) is 2. The van der Waals surface area contributed by atoms with Crippen LogP contribution in [0.3, 0.4) is 0 Å². The molecule has 0 amide bonds. The Morgan fingerprint density at radius 2 is 1.89 bits per heavy atom. The van der Waals surface area contributed by atoms with Crippen LogP contribution in [-0.2, 0) is 4.79 Å². The third-order valence-corrected chi connectivity index (χ3v) is 4.30. The quantitative estimate of drug-likeness (QED) is 0.821. The summed E-state index contributed by atoms with van der Waals surface area (Å²) in [6, 6.07) is 0.0254. The van der Waals surface area contributed by atoms with E-state index in [1.807, 2.05) is 18.5 Å². The van der Waals surface area contributed by atoms with Crippen LogP contribution in [-0.4, -0.2) is 20.9 Å². The van der Waals surface area contributed by atoms with Crippen LogP contribution in [0.2, 0.25) is 0 Å². The maximum Gasteiger partial charge on any atom is 0.308 e. The topological polar surface area (TPSA) is 55.1 Å². The van der Waals surface area contributed by atoms with Crippen molar-refractivity contribution in [2.45, 2.75) is 58.9 Å². The number of aryl methyl sites for hydroxylation is 1. The van der Waals surface area contributed by atoms with Crippen LogP contribution in [0.4, 0.5) is 0 Å². The summed E-state index contributed by atoms with van der Waals surface area (Å²) < 4.78 is 1.97. The molecule has 1 saturated carbocycles. The molecule has 1 N–H and O–H groups in total. The van der Waals surface area contributed by atoms with Gasteiger partial charge in [0.15, 0.2) is 0 Å². The Hall–Kier alpha value is -1.32. The number of aromatic nitrogens is 2. The molecule has 1 aliphatic rings. The van der Waals surface area contributed by atoms with Crippen molar-refractivity contribution in [1.82, 2.24) is 9.78 Å². The summed E-state index contributed by atoms with van der Waals surface area (Å²) in [6.07, 6.45) is 4.96. The van der Waals surface area contributed by atoms with Crippen LogP contribution in [0, 0.1) is 26.7 Å². The van der Waals surface area contributed by atoms with E-state index in [9.17, 15) is 9.90 Å². The van der Waals surface area contributed by atoms with Crippen LogP contribution in [0.25, 0.3) is 0 Å². The molecule has 100 valence electrons. The van der Waals surface area contributed by atoms with Gasteiger partial charge in [0.1, 0.15) is 0 Å². The average molecular weight is 250 g/mol. The van der Waals surface area contributed by atoms with Gasteiger partial charge in [-0.25, -0.2) is 0 Å². The summed E-state index contributed by atoms with van der Waals surface area (Å²) in [5.74, 6) is -0.961. The van der Waals surface area contributed by atoms with E-state index in [1.54, 1.807) is 0 Å². The van der Waals surface area contributed by atoms with Crippen LogP contribution in [0.5, 0.6) is 0 Å². The van der Waals surface area contributed by atoms with Crippen molar-refractivity contribution in [3.05, 3.63) is 17.0 Å². The van der Waals surface area contributed by atoms with Crippen molar-refractivity contribution < 1.29 is 9.90 Å². The van der Waals surface area contributed by atoms with E-state index in [1.165, 1.54) is 5.56 Å². The van der Waals surface area contributed by atoms with Crippen molar-refractivity contribution in [1.29, 1.82) is 0 Å². The molecule has 0 saturated heterocycles. The van der Waals surface area contributed by atoms with Gasteiger partial charge in [0, 0.05) is 5.69 Å². The third-order valence-electron chi connectivity index (χ3n) is 4.30. The molecule has 0 spiro atoms. The minimum atomic E-state index is -0.674. The van der Waals surface area contributed by atoms with E-state index in [4.69, 9.17) is 0 Å². The molecule has 0 aliphatic heterocycles. The molecule has 0 radical (unpaired) electrons. The Morgan fingerprint density at radius 1 is 1.22 bits per heavy atom. The van der Waals surface area contributed by atoms with Crippen LogP contribution in [0.15, 0.2) is 0 Å². The Labute approximate surface area is 108 Å². The average Bonchev–Trinajstić information content (AvgIpc) is 2.56. The van der Waals surface area contributed by atoms with Crippen molar-refractivity contribution in [2.75, 3.05) is 0 Å². The predicted octanol–water partition coefficient (Wildman–Crippen LogP) is 3.01. The lowest BCUT2D eigenvalue weighted by Crippen LogP contribution is -2.27. The summed E-state index contributed by atoms with van der Waals surface area (Å²) in [5.41, 5.74) is 3.31. The van der Waals surface area contributed by atoms with Gasteiger partial charge in [0.2, 0.25) is 0 Å². The Bertz CT molecular complexity index is 451. The Morgan fingerprint density at radius 3 is 2.44 bits per heavy atom. The third kappa shape index (κ3) is 2.28. The fourth-order valence-electron chi connectivity index (χ4n) is 2.94. The SMILES string of the molecule is Cc1nn(C2CCCCCC2C(=O)O)c(C)c1C. The van der Waals surface area contributed by atoms with Crippen molar-refractivity contribution in [2.24, 2.45) is 5.92 Å². The number of carboxylic acid groups (broad SMARTS) is 1. The van der Waals surface area contributed by atoms with Gasteiger partial charge in [0.25, 0.3) is 0 Å². The number of rotatable bonds is 2. The lowest BCUT2D eigenvalue weighted by Gasteiger charge is -2.23. The summed E-state index contributed by atoms with van der Waals surface area (Å²) in [6.45, 7) is 6.09. The fraction of sp³-hybridized carbons (Fsp3) is 0.714. The molecule has 1 aliphatic carbocycles. The van der Waals surface area contributed by atoms with Gasteiger partial charge in [-0.2, -0.15) is 5.10 Å². The first-order chi connectivity index (χ1) is 8.52. The van der Waals surface area contributed by atoms with Gasteiger partial charge in [-0.1, -0.05) is 19.3 Å². The zero-order chi connectivity index (χ0) is 13.3. The van der Waals surface area contributed by atoms with Gasteiger partial charge >= 0.3 is 5.97 Å². The molecule has 2 unspecified atom stereocenters. The molecule has 1 aromatic heterocycles. The summed E-state index contributed by atoms with van der Waals surface area (Å²) in [5, 5.41) is 14.0. The molecule has 1 fully saturated rings. The van der Waals surface area contributed by atoms with Crippen molar-refractivity contribution in [3.63, 3.8) is 0 Å². The second-order valence-corrected chi connectivity index (χ2v) is 5.39. The van der Waals surface area contributed by atoms with E-state index in [0.717, 1.165) is 43.5 Å². The molecule has 4 heteroatoms. The molecular weight excluding hydrogens is 228 g/mol. The summed E-state index contributed by atoms with van der Waals surface area (Å²) in [4.78, 5) is 11.5. The highest BCUT2D eigenvalue weighted by Gasteiger charge is 2.32. The van der Waals surface area contributed by atoms with Crippen LogP contribution in [0.1, 0.15) is 55.1 Å². The van der Waals surface area contributed by atoms with E-state index >= 15 is 0 Å². The lowest BCUT2D eigenvalue weighted by atomic mass is 9.95. The number of nitrogens with zero attached hydrogens (tertiary/aromatic N) is 2. The first-order valence-corrected chi connectivity index (χ1v) is 6.77. The van der Waals surface area contributed by atoms with E-state index in [0.29, 0.717) is 0 Å². The molecule has 4 nitrogen and oxygen atoms in total. The van der Waals surface area contributed by atoms with Crippen LogP contribution >= 0.6 is 0 Å². The molecule has 1 aromatic rings. The molecule has 18 heavy (non-hydrogen) atoms. The van der Waals surface area contributed by atoms with Gasteiger partial charge in [-0.15, -0.1) is 0 Å². The highest BCUT2D eigenvalue weighted by atomic mass is 16.4. The smallest absolute Gasteiger partial charge is 0.308 e. The zero-order valence-corrected chi connectivity index (χ0v) is 11.4. The molecule has 0 bridgehead atoms. The standard InChI is InChI=1S/C14H22N2O2/c1-9-10(2)15-16(11(9)3)13-8-6-4-5-7-12(13)14(17)18/h12-13H,4-8H2,1-3H3,(H,17,18). The van der Waals surface area contributed by atoms with Gasteiger partial charge in [-0.3, -0.25) is 9.48 Å². The van der Waals surface area contributed by atoms with Crippen LogP contribution < -0.4 is 0 Å². The maximum absolute atomic E-state index is 11.5. The van der Waals surface area contributed by atoms with Gasteiger partial charge < -0.3 is 5.11 Å². The van der Waals surface area contributed by atoms with E-state index < -0.39 is 5.97 Å². The largest absolute Gasteiger partial charge is 0.481 e. The minimum absolute atomic E-state index is 0.0254. The second-order valence-electron chi connectivity index (χ2n) is 5.39. The Kier molecular flexibility index (Phi) is 3.73. The molecule has 0 aromatic carbocycles. The van der Waals surface area contributed by atoms with E-state index in [2.05, 4.69) is 12.0 Å². The minimum Gasteiger partial charge on any atom is -0.481 e. The highest BCUT2D eigenvalue weighted by molar-refractivity contribution is 5.70. The molecule has 2 atom stereocenters. The maximum atomic E-state index is 11.5. The number of aliphatic carboxylic acids is 1. The normalized spacial score (nSPS) is 24.8. The molecule has 2 rings (SSSR count). The predicted molar refractivity (Wildman–Crippen MR) is 69.7 cm³/mol. The zero-order valence-electron chi connectivity index (χ0n) is 11.4. The fourth-order valence-corrected chi connectivity index (χ4v) is 2.94. The first kappa shape index (κ1) is 13.1.